The summed E-state index contributed by atoms with van der Waals surface area (Å²) in [5, 5.41) is 0. The third kappa shape index (κ3) is 4.79. The van der Waals surface area contributed by atoms with E-state index in [1.54, 1.807) is 0 Å². The van der Waals surface area contributed by atoms with Crippen LogP contribution in [0.2, 0.25) is 0 Å². The Kier molecular flexibility index (Phi) is 6.01. The fourth-order valence-electron chi connectivity index (χ4n) is 3.19. The lowest BCUT2D eigenvalue weighted by Crippen LogP contribution is -2.60. The van der Waals surface area contributed by atoms with Gasteiger partial charge >= 0.3 is 0 Å². The maximum Gasteiger partial charge on any atom is 0.148 e. The van der Waals surface area contributed by atoms with Crippen molar-refractivity contribution < 1.29 is 28.0 Å². The molecule has 0 aliphatic carbocycles. The lowest BCUT2D eigenvalue weighted by Gasteiger charge is -2.22. The maximum absolute atomic E-state index is 11.6. The molecule has 3 aromatic rings. The van der Waals surface area contributed by atoms with Gasteiger partial charge in [0.2, 0.25) is 0 Å². The Labute approximate surface area is 180 Å². The standard InChI is InChI=1S/C24H19ClO4S/c1-18-12-14-21(15-13-18)24-17-22(19-8-4-2-5-9-19)16-23(20-10-6-3-7-11-20)30(24)29-25(26,27)28/h2-17H,1H3. The summed E-state index contributed by atoms with van der Waals surface area (Å²) in [6.07, 6.45) is 3.79. The van der Waals surface area contributed by atoms with Crippen LogP contribution in [0.4, 0.5) is 0 Å². The number of halogens is 1. The molecule has 0 fully saturated rings. The Morgan fingerprint density at radius 2 is 1.23 bits per heavy atom. The second-order valence-corrected chi connectivity index (χ2v) is 9.46. The van der Waals surface area contributed by atoms with Gasteiger partial charge in [0.05, 0.1) is 20.0 Å². The van der Waals surface area contributed by atoms with Gasteiger partial charge in [-0.1, -0.05) is 90.5 Å². The molecule has 4 rings (SSSR count). The van der Waals surface area contributed by atoms with Gasteiger partial charge in [0.1, 0.15) is 14.5 Å². The Morgan fingerprint density at radius 1 is 0.667 bits per heavy atom. The molecule has 1 unspecified atom stereocenters. The van der Waals surface area contributed by atoms with Crippen molar-refractivity contribution >= 4 is 26.1 Å². The Hall–Kier alpha value is -2.51. The summed E-state index contributed by atoms with van der Waals surface area (Å²) in [5.41, 5.74) is 4.58. The van der Waals surface area contributed by atoms with Crippen molar-refractivity contribution in [3.05, 3.63) is 119 Å². The topological polar surface area (TPSA) is 78.4 Å². The van der Waals surface area contributed by atoms with Gasteiger partial charge in [-0.15, -0.1) is 0 Å². The molecule has 0 saturated heterocycles. The van der Waals surface area contributed by atoms with E-state index < -0.39 is 21.0 Å². The summed E-state index contributed by atoms with van der Waals surface area (Å²) in [6.45, 7) is 1.98. The quantitative estimate of drug-likeness (QED) is 0.574. The highest BCUT2D eigenvalue weighted by atomic mass is 35.7. The van der Waals surface area contributed by atoms with E-state index in [-0.39, 0.29) is 0 Å². The van der Waals surface area contributed by atoms with E-state index in [0.29, 0.717) is 9.77 Å². The summed E-state index contributed by atoms with van der Waals surface area (Å²) >= 11 is 0. The molecule has 0 N–H and O–H groups in total. The average Bonchev–Trinajstić information content (AvgIpc) is 2.75. The average molecular weight is 439 g/mol. The van der Waals surface area contributed by atoms with E-state index in [9.17, 15) is 14.0 Å². The van der Waals surface area contributed by atoms with Crippen molar-refractivity contribution in [1.82, 2.24) is 0 Å². The number of hydrogen-bond donors (Lipinski definition) is 0. The molecule has 3 aromatic carbocycles. The van der Waals surface area contributed by atoms with Crippen LogP contribution in [-0.4, -0.2) is 4.86 Å². The summed E-state index contributed by atoms with van der Waals surface area (Å²) in [6, 6.07) is 26.9. The zero-order valence-electron chi connectivity index (χ0n) is 16.2. The van der Waals surface area contributed by atoms with Crippen LogP contribution in [0.1, 0.15) is 22.3 Å². The van der Waals surface area contributed by atoms with E-state index in [2.05, 4.69) is 0 Å². The van der Waals surface area contributed by atoms with E-state index in [0.717, 1.165) is 27.8 Å². The molecule has 30 heavy (non-hydrogen) atoms. The first-order chi connectivity index (χ1) is 14.4. The highest BCUT2D eigenvalue weighted by molar-refractivity contribution is 8.20. The minimum absolute atomic E-state index is 0.638. The smallest absolute Gasteiger partial charge is 0.148 e. The highest BCUT2D eigenvalue weighted by Crippen LogP contribution is 2.44. The van der Waals surface area contributed by atoms with Crippen molar-refractivity contribution in [1.29, 1.82) is 0 Å². The highest BCUT2D eigenvalue weighted by Gasteiger charge is 2.31. The largest absolute Gasteiger partial charge is 0.182 e. The van der Waals surface area contributed by atoms with Gasteiger partial charge in [0.15, 0.2) is 0 Å². The molecule has 4 nitrogen and oxygen atoms in total. The van der Waals surface area contributed by atoms with Crippen molar-refractivity contribution in [2.24, 2.45) is 0 Å². The molecule has 6 heteroatoms. The van der Waals surface area contributed by atoms with Gasteiger partial charge in [0.25, 0.3) is 0 Å². The lowest BCUT2D eigenvalue weighted by molar-refractivity contribution is -1.91. The molecule has 0 spiro atoms. The lowest BCUT2D eigenvalue weighted by atomic mass is 10.0. The van der Waals surface area contributed by atoms with Gasteiger partial charge in [-0.3, -0.25) is 0 Å². The van der Waals surface area contributed by atoms with E-state index in [4.69, 9.17) is 3.74 Å². The van der Waals surface area contributed by atoms with Crippen LogP contribution in [0.5, 0.6) is 0 Å². The second kappa shape index (κ2) is 8.70. The van der Waals surface area contributed by atoms with E-state index in [1.807, 2.05) is 104 Å². The van der Waals surface area contributed by atoms with Crippen molar-refractivity contribution in [2.75, 3.05) is 0 Å². The van der Waals surface area contributed by atoms with Crippen LogP contribution < -0.4 is 14.0 Å². The first-order valence-corrected chi connectivity index (χ1v) is 11.6. The SMILES string of the molecule is Cc1ccc(C2=CC(c3ccccc3)=CC(c3ccccc3)=S2O[Cl+3]([O-])([O-])[O-])cc1. The van der Waals surface area contributed by atoms with Crippen molar-refractivity contribution in [2.45, 2.75) is 6.92 Å². The van der Waals surface area contributed by atoms with Gasteiger partial charge in [-0.2, -0.15) is 14.0 Å². The molecule has 1 heterocycles. The van der Waals surface area contributed by atoms with Crippen molar-refractivity contribution in [3.63, 3.8) is 0 Å². The number of aryl methyl sites for hydroxylation is 1. The predicted molar refractivity (Wildman–Crippen MR) is 113 cm³/mol. The number of hydrogen-bond acceptors (Lipinski definition) is 4. The maximum atomic E-state index is 11.6. The molecular weight excluding hydrogens is 420 g/mol. The monoisotopic (exact) mass is 438 g/mol. The van der Waals surface area contributed by atoms with Crippen LogP contribution in [0, 0.1) is 17.2 Å². The first kappa shape index (κ1) is 20.8. The molecule has 1 aliphatic rings. The molecule has 152 valence electrons. The van der Waals surface area contributed by atoms with Crippen LogP contribution >= 0.6 is 10.8 Å². The molecular formula is C24H19ClO4S. The molecule has 0 bridgehead atoms. The summed E-state index contributed by atoms with van der Waals surface area (Å²) in [7, 11) is -6.02. The van der Waals surface area contributed by atoms with Gasteiger partial charge in [-0.05, 0) is 41.3 Å². The van der Waals surface area contributed by atoms with E-state index >= 15 is 0 Å². The van der Waals surface area contributed by atoms with Crippen LogP contribution in [-0.2, 0) is 3.74 Å². The fraction of sp³-hybridized carbons (Fsp3) is 0.0417. The molecule has 0 saturated carbocycles. The minimum atomic E-state index is -4.62. The Morgan fingerprint density at radius 3 is 1.80 bits per heavy atom. The molecule has 0 amide bonds. The number of benzene rings is 3. The number of rotatable bonds is 5. The van der Waals surface area contributed by atoms with Gasteiger partial charge < -0.3 is 0 Å². The first-order valence-electron chi connectivity index (χ1n) is 9.24. The zero-order chi connectivity index (χ0) is 21.1. The van der Waals surface area contributed by atoms with Crippen LogP contribution in [0.3, 0.4) is 0 Å². The third-order valence-electron chi connectivity index (χ3n) is 4.61. The summed E-state index contributed by atoms with van der Waals surface area (Å²) in [5.74, 6) is 0. The van der Waals surface area contributed by atoms with Gasteiger partial charge in [-0.25, -0.2) is 0 Å². The summed E-state index contributed by atoms with van der Waals surface area (Å²) < 4.78 is 39.9. The number of allylic oxidation sites excluding steroid dienone is 3. The normalized spacial score (nSPS) is 16.8. The Balaban J connectivity index is 1.98. The molecule has 0 aromatic heterocycles. The second-order valence-electron chi connectivity index (χ2n) is 6.78. The third-order valence-corrected chi connectivity index (χ3v) is 7.24. The zero-order valence-corrected chi connectivity index (χ0v) is 17.7. The van der Waals surface area contributed by atoms with Crippen LogP contribution in [0.15, 0.2) is 97.1 Å². The molecule has 1 atom stereocenters. The molecule has 0 radical (unpaired) electrons. The van der Waals surface area contributed by atoms with Crippen LogP contribution in [0.25, 0.3) is 10.5 Å². The van der Waals surface area contributed by atoms with Gasteiger partial charge in [0, 0.05) is 0 Å². The molecule has 1 aliphatic heterocycles. The minimum Gasteiger partial charge on any atom is -0.182 e. The summed E-state index contributed by atoms with van der Waals surface area (Å²) in [4.78, 5) is 1.28. The van der Waals surface area contributed by atoms with Crippen molar-refractivity contribution in [3.8, 4) is 0 Å². The fourth-order valence-corrected chi connectivity index (χ4v) is 5.76. The van der Waals surface area contributed by atoms with E-state index in [1.165, 1.54) is 0 Å². The Bertz CT molecular complexity index is 1130. The predicted octanol–water partition coefficient (Wildman–Crippen LogP) is 2.75.